The Kier molecular flexibility index (Phi) is 7.55. The molecule has 0 saturated carbocycles. The summed E-state index contributed by atoms with van der Waals surface area (Å²) in [5.74, 6) is -0.493. The minimum Gasteiger partial charge on any atom is -0.467 e. The third kappa shape index (κ3) is 5.64. The van der Waals surface area contributed by atoms with Crippen LogP contribution in [-0.2, 0) is 27.5 Å². The van der Waals surface area contributed by atoms with Gasteiger partial charge in [0, 0.05) is 12.1 Å². The van der Waals surface area contributed by atoms with Crippen molar-refractivity contribution < 1.29 is 31.1 Å². The molecule has 3 aromatic rings. The average Bonchev–Trinajstić information content (AvgIpc) is 3.52. The van der Waals surface area contributed by atoms with Crippen molar-refractivity contribution in [1.29, 1.82) is 0 Å². The fourth-order valence-electron chi connectivity index (χ4n) is 3.77. The Morgan fingerprint density at radius 3 is 2.56 bits per heavy atom. The Bertz CT molecular complexity index is 1360. The van der Waals surface area contributed by atoms with E-state index in [-0.39, 0.29) is 23.3 Å². The first-order chi connectivity index (χ1) is 17.0. The van der Waals surface area contributed by atoms with Crippen LogP contribution in [0.2, 0.25) is 4.34 Å². The molecule has 192 valence electrons. The summed E-state index contributed by atoms with van der Waals surface area (Å²) in [4.78, 5) is 21.3. The van der Waals surface area contributed by atoms with Crippen molar-refractivity contribution in [3.05, 3.63) is 58.1 Å². The normalized spacial score (nSPS) is 16.8. The number of methoxy groups -OCH3 is 1. The lowest BCUT2D eigenvalue weighted by atomic mass is 10.1. The number of sulfonamides is 1. The number of nitrogens with one attached hydrogen (secondary N) is 1. The maximum absolute atomic E-state index is 13.0. The summed E-state index contributed by atoms with van der Waals surface area (Å²) in [6, 6.07) is 7.94. The molecule has 2 aromatic heterocycles. The van der Waals surface area contributed by atoms with E-state index in [2.05, 4.69) is 15.3 Å². The molecule has 1 N–H and O–H groups in total. The predicted octanol–water partition coefficient (Wildman–Crippen LogP) is 4.36. The van der Waals surface area contributed by atoms with E-state index in [1.54, 1.807) is 0 Å². The van der Waals surface area contributed by atoms with Crippen molar-refractivity contribution in [2.75, 3.05) is 13.7 Å². The second-order valence-corrected chi connectivity index (χ2v) is 11.7. The van der Waals surface area contributed by atoms with Crippen LogP contribution < -0.4 is 10.1 Å². The molecule has 1 aliphatic heterocycles. The van der Waals surface area contributed by atoms with Crippen molar-refractivity contribution in [3.63, 3.8) is 0 Å². The second kappa shape index (κ2) is 10.3. The summed E-state index contributed by atoms with van der Waals surface area (Å²) in [5.41, 5.74) is 0.251. The van der Waals surface area contributed by atoms with E-state index in [1.807, 2.05) is 0 Å². The molecule has 0 spiro atoms. The Hall–Kier alpha value is -2.74. The molecule has 4 rings (SSSR count). The lowest BCUT2D eigenvalue weighted by Crippen LogP contribution is -2.45. The third-order valence-electron chi connectivity index (χ3n) is 5.51. The monoisotopic (exact) mass is 560 g/mol. The van der Waals surface area contributed by atoms with Crippen molar-refractivity contribution >= 4 is 38.9 Å². The molecule has 0 radical (unpaired) electrons. The van der Waals surface area contributed by atoms with E-state index in [9.17, 15) is 26.4 Å². The van der Waals surface area contributed by atoms with Gasteiger partial charge in [-0.3, -0.25) is 4.79 Å². The summed E-state index contributed by atoms with van der Waals surface area (Å²) < 4.78 is 71.3. The smallest absolute Gasteiger partial charge is 0.416 e. The number of ether oxygens (including phenoxy) is 1. The Morgan fingerprint density at radius 2 is 1.94 bits per heavy atom. The Labute approximate surface area is 214 Å². The van der Waals surface area contributed by atoms with Crippen LogP contribution in [0, 0.1) is 0 Å². The lowest BCUT2D eigenvalue weighted by molar-refractivity contribution is -0.137. The molecule has 0 aliphatic carbocycles. The van der Waals surface area contributed by atoms with Gasteiger partial charge in [-0.05, 0) is 43.2 Å². The lowest BCUT2D eigenvalue weighted by Gasteiger charge is -2.22. The molecule has 0 bridgehead atoms. The van der Waals surface area contributed by atoms with Crippen LogP contribution in [-0.4, -0.2) is 48.3 Å². The van der Waals surface area contributed by atoms with Gasteiger partial charge < -0.3 is 10.1 Å². The predicted molar refractivity (Wildman–Crippen MR) is 127 cm³/mol. The van der Waals surface area contributed by atoms with Crippen LogP contribution in [0.25, 0.3) is 11.3 Å². The van der Waals surface area contributed by atoms with Gasteiger partial charge in [-0.15, -0.1) is 11.3 Å². The summed E-state index contributed by atoms with van der Waals surface area (Å²) in [5, 5.41) is 2.70. The van der Waals surface area contributed by atoms with Crippen LogP contribution in [0.3, 0.4) is 0 Å². The maximum Gasteiger partial charge on any atom is 0.416 e. The number of halogens is 4. The van der Waals surface area contributed by atoms with E-state index in [0.29, 0.717) is 34.1 Å². The number of amides is 1. The molecule has 1 aromatic carbocycles. The highest BCUT2D eigenvalue weighted by molar-refractivity contribution is 7.91. The van der Waals surface area contributed by atoms with Gasteiger partial charge in [-0.1, -0.05) is 23.7 Å². The quantitative estimate of drug-likeness (QED) is 0.461. The first-order valence-electron chi connectivity index (χ1n) is 10.6. The second-order valence-electron chi connectivity index (χ2n) is 7.86. The van der Waals surface area contributed by atoms with Gasteiger partial charge in [0.2, 0.25) is 5.91 Å². The largest absolute Gasteiger partial charge is 0.467 e. The molecule has 1 fully saturated rings. The highest BCUT2D eigenvalue weighted by atomic mass is 35.5. The van der Waals surface area contributed by atoms with Gasteiger partial charge >= 0.3 is 12.2 Å². The van der Waals surface area contributed by atoms with Gasteiger partial charge in [0.05, 0.1) is 34.9 Å². The number of aromatic nitrogens is 2. The number of nitrogens with zero attached hydrogens (tertiary/aromatic N) is 3. The first-order valence-corrected chi connectivity index (χ1v) is 13.3. The number of rotatable bonds is 7. The number of carbonyl (C=O) groups is 1. The molecule has 1 aliphatic rings. The van der Waals surface area contributed by atoms with Crippen LogP contribution in [0.1, 0.15) is 24.1 Å². The van der Waals surface area contributed by atoms with E-state index < -0.39 is 33.7 Å². The number of thiophene rings is 1. The first kappa shape index (κ1) is 26.3. The van der Waals surface area contributed by atoms with Crippen LogP contribution in [0.15, 0.2) is 46.7 Å². The summed E-state index contributed by atoms with van der Waals surface area (Å²) in [7, 11) is -2.54. The molecule has 1 unspecified atom stereocenters. The van der Waals surface area contributed by atoms with Gasteiger partial charge in [0.1, 0.15) is 10.3 Å². The highest BCUT2D eigenvalue weighted by Crippen LogP contribution is 2.33. The molecule has 36 heavy (non-hydrogen) atoms. The summed E-state index contributed by atoms with van der Waals surface area (Å²) >= 11 is 6.81. The summed E-state index contributed by atoms with van der Waals surface area (Å²) in [6.45, 7) is 0.135. The summed E-state index contributed by atoms with van der Waals surface area (Å²) in [6.07, 6.45) is -3.58. The van der Waals surface area contributed by atoms with E-state index in [0.717, 1.165) is 23.5 Å². The molecule has 8 nitrogen and oxygen atoms in total. The number of benzene rings is 1. The van der Waals surface area contributed by atoms with E-state index >= 15 is 0 Å². The van der Waals surface area contributed by atoms with Crippen molar-refractivity contribution in [2.24, 2.45) is 0 Å². The fraction of sp³-hybridized carbons (Fsp3) is 0.318. The van der Waals surface area contributed by atoms with Crippen molar-refractivity contribution in [2.45, 2.75) is 35.8 Å². The van der Waals surface area contributed by atoms with Gasteiger partial charge in [0.15, 0.2) is 0 Å². The Balaban J connectivity index is 1.50. The SMILES string of the molecule is COc1nc(CNC(=O)C2CCCN2S(=O)(=O)c2ccc(Cl)s2)cc(-c2ccc(C(F)(F)F)cc2)n1. The minimum atomic E-state index is -4.46. The Morgan fingerprint density at radius 1 is 1.22 bits per heavy atom. The van der Waals surface area contributed by atoms with Crippen molar-refractivity contribution in [1.82, 2.24) is 19.6 Å². The molecular weight excluding hydrogens is 541 g/mol. The molecule has 14 heteroatoms. The topological polar surface area (TPSA) is 101 Å². The zero-order chi connectivity index (χ0) is 26.1. The van der Waals surface area contributed by atoms with Crippen molar-refractivity contribution in [3.8, 4) is 17.3 Å². The molecule has 1 amide bonds. The highest BCUT2D eigenvalue weighted by Gasteiger charge is 2.40. The average molecular weight is 561 g/mol. The molecule has 1 atom stereocenters. The third-order valence-corrected chi connectivity index (χ3v) is 9.12. The standard InChI is InChI=1S/C22H20ClF3N4O4S2/c1-34-21-28-15(11-16(29-21)13-4-6-14(7-5-13)22(24,25)26)12-27-20(31)17-3-2-10-30(17)36(32,33)19-9-8-18(23)35-19/h4-9,11,17H,2-3,10,12H2,1H3,(H,27,31). The number of hydrogen-bond acceptors (Lipinski definition) is 7. The van der Waals surface area contributed by atoms with Crippen LogP contribution in [0.5, 0.6) is 6.01 Å². The minimum absolute atomic E-state index is 0.0312. The zero-order valence-corrected chi connectivity index (χ0v) is 21.1. The molecular formula is C22H20ClF3N4O4S2. The number of alkyl halides is 3. The van der Waals surface area contributed by atoms with Gasteiger partial charge in [0.25, 0.3) is 10.0 Å². The van der Waals surface area contributed by atoms with E-state index in [1.165, 1.54) is 41.7 Å². The van der Waals surface area contributed by atoms with Gasteiger partial charge in [-0.25, -0.2) is 8.42 Å². The van der Waals surface area contributed by atoms with E-state index in [4.69, 9.17) is 16.3 Å². The zero-order valence-electron chi connectivity index (χ0n) is 18.8. The molecule has 3 heterocycles. The van der Waals surface area contributed by atoms with Crippen LogP contribution >= 0.6 is 22.9 Å². The van der Waals surface area contributed by atoms with Crippen LogP contribution in [0.4, 0.5) is 13.2 Å². The van der Waals surface area contributed by atoms with Gasteiger partial charge in [-0.2, -0.15) is 27.4 Å². The maximum atomic E-state index is 13.0. The fourth-order valence-corrected chi connectivity index (χ4v) is 7.04. The number of hydrogen-bond donors (Lipinski definition) is 1. The molecule has 1 saturated heterocycles. The number of carbonyl (C=O) groups excluding carboxylic acids is 1.